The molecule has 2 aromatic rings. The van der Waals surface area contributed by atoms with Crippen molar-refractivity contribution in [2.75, 3.05) is 13.1 Å². The van der Waals surface area contributed by atoms with Crippen molar-refractivity contribution in [3.63, 3.8) is 0 Å². The first-order valence-electron chi connectivity index (χ1n) is 8.80. The maximum absolute atomic E-state index is 12.4. The highest BCUT2D eigenvalue weighted by Crippen LogP contribution is 2.21. The smallest absolute Gasteiger partial charge is 0.251 e. The van der Waals surface area contributed by atoms with Gasteiger partial charge in [0.1, 0.15) is 11.5 Å². The molecule has 1 amide bonds. The molecule has 0 saturated carbocycles. The standard InChI is InChI=1S/C20H24N2O4/c23-16-9-7-14(8-10-16)20(26)21-17-13-22(11-3-6-19(17)25)12-15-4-1-2-5-18(15)24/h1-2,4-5,7-10,17,19,23-25H,3,6,11-13H2,(H,21,26)/t17-,19-/m1/s1. The lowest BCUT2D eigenvalue weighted by atomic mass is 10.1. The summed E-state index contributed by atoms with van der Waals surface area (Å²) in [4.78, 5) is 14.6. The Hall–Kier alpha value is -2.57. The molecule has 26 heavy (non-hydrogen) atoms. The molecule has 0 aromatic heterocycles. The molecule has 6 nitrogen and oxygen atoms in total. The Kier molecular flexibility index (Phi) is 5.75. The van der Waals surface area contributed by atoms with Crippen molar-refractivity contribution in [3.8, 4) is 11.5 Å². The number of amides is 1. The number of carbonyl (C=O) groups excluding carboxylic acids is 1. The summed E-state index contributed by atoms with van der Waals surface area (Å²) in [5, 5.41) is 32.6. The van der Waals surface area contributed by atoms with Crippen LogP contribution in [0.3, 0.4) is 0 Å². The van der Waals surface area contributed by atoms with Gasteiger partial charge in [-0.25, -0.2) is 0 Å². The summed E-state index contributed by atoms with van der Waals surface area (Å²) in [6.45, 7) is 1.85. The van der Waals surface area contributed by atoms with Crippen molar-refractivity contribution < 1.29 is 20.1 Å². The van der Waals surface area contributed by atoms with Gasteiger partial charge in [0.05, 0.1) is 12.1 Å². The number of likely N-dealkylation sites (tertiary alicyclic amines) is 1. The molecule has 1 heterocycles. The van der Waals surface area contributed by atoms with Gasteiger partial charge >= 0.3 is 0 Å². The minimum absolute atomic E-state index is 0.102. The third-order valence-electron chi connectivity index (χ3n) is 4.73. The molecular weight excluding hydrogens is 332 g/mol. The number of aliphatic hydroxyl groups excluding tert-OH is 1. The summed E-state index contributed by atoms with van der Waals surface area (Å²) < 4.78 is 0. The van der Waals surface area contributed by atoms with Gasteiger partial charge in [-0.1, -0.05) is 18.2 Å². The molecule has 0 bridgehead atoms. The number of aliphatic hydroxyl groups is 1. The number of benzene rings is 2. The third kappa shape index (κ3) is 4.53. The van der Waals surface area contributed by atoms with Crippen molar-refractivity contribution in [1.29, 1.82) is 0 Å². The van der Waals surface area contributed by atoms with Gasteiger partial charge in [0, 0.05) is 24.2 Å². The molecule has 0 aliphatic carbocycles. The van der Waals surface area contributed by atoms with Crippen LogP contribution in [0.4, 0.5) is 0 Å². The van der Waals surface area contributed by atoms with Crippen molar-refractivity contribution in [2.24, 2.45) is 0 Å². The zero-order valence-corrected chi connectivity index (χ0v) is 14.5. The number of nitrogens with one attached hydrogen (secondary N) is 1. The molecule has 0 unspecified atom stereocenters. The Morgan fingerprint density at radius 3 is 2.58 bits per heavy atom. The van der Waals surface area contributed by atoms with Crippen LogP contribution in [-0.4, -0.2) is 51.4 Å². The summed E-state index contributed by atoms with van der Waals surface area (Å²) in [5.74, 6) is 0.0744. The van der Waals surface area contributed by atoms with E-state index in [9.17, 15) is 20.1 Å². The molecule has 138 valence electrons. The first-order chi connectivity index (χ1) is 12.5. The van der Waals surface area contributed by atoms with Crippen LogP contribution >= 0.6 is 0 Å². The van der Waals surface area contributed by atoms with Crippen LogP contribution in [0.15, 0.2) is 48.5 Å². The minimum atomic E-state index is -0.620. The van der Waals surface area contributed by atoms with E-state index in [-0.39, 0.29) is 17.4 Å². The van der Waals surface area contributed by atoms with Crippen molar-refractivity contribution in [1.82, 2.24) is 10.2 Å². The van der Waals surface area contributed by atoms with Crippen LogP contribution in [0.25, 0.3) is 0 Å². The van der Waals surface area contributed by atoms with E-state index in [1.54, 1.807) is 24.3 Å². The summed E-state index contributed by atoms with van der Waals surface area (Å²) in [6, 6.07) is 12.8. The SMILES string of the molecule is O=C(N[C@@H]1CN(Cc2ccccc2O)CCC[C@H]1O)c1ccc(O)cc1. The van der Waals surface area contributed by atoms with E-state index < -0.39 is 12.1 Å². The second kappa shape index (κ2) is 8.21. The second-order valence-corrected chi connectivity index (χ2v) is 6.70. The highest BCUT2D eigenvalue weighted by Gasteiger charge is 2.27. The van der Waals surface area contributed by atoms with Crippen molar-refractivity contribution in [2.45, 2.75) is 31.5 Å². The number of phenolic OH excluding ortho intramolecular Hbond substituents is 2. The highest BCUT2D eigenvalue weighted by molar-refractivity contribution is 5.94. The molecule has 4 N–H and O–H groups in total. The summed E-state index contributed by atoms with van der Waals surface area (Å²) in [6.07, 6.45) is 0.809. The van der Waals surface area contributed by atoms with E-state index in [0.717, 1.165) is 18.5 Å². The lowest BCUT2D eigenvalue weighted by Gasteiger charge is -2.27. The molecule has 0 radical (unpaired) electrons. The van der Waals surface area contributed by atoms with Crippen LogP contribution in [0.5, 0.6) is 11.5 Å². The van der Waals surface area contributed by atoms with Gasteiger partial charge in [0.2, 0.25) is 0 Å². The highest BCUT2D eigenvalue weighted by atomic mass is 16.3. The first-order valence-corrected chi connectivity index (χ1v) is 8.80. The number of phenols is 2. The zero-order valence-electron chi connectivity index (χ0n) is 14.5. The van der Waals surface area contributed by atoms with E-state index in [4.69, 9.17) is 0 Å². The van der Waals surface area contributed by atoms with Gasteiger partial charge in [-0.15, -0.1) is 0 Å². The Bertz CT molecular complexity index is 748. The summed E-state index contributed by atoms with van der Waals surface area (Å²) in [7, 11) is 0. The number of nitrogens with zero attached hydrogens (tertiary/aromatic N) is 1. The predicted octanol–water partition coefficient (Wildman–Crippen LogP) is 1.85. The van der Waals surface area contributed by atoms with E-state index in [1.165, 1.54) is 12.1 Å². The number of aromatic hydroxyl groups is 2. The number of rotatable bonds is 4. The fourth-order valence-electron chi connectivity index (χ4n) is 3.25. The van der Waals surface area contributed by atoms with Crippen molar-refractivity contribution in [3.05, 3.63) is 59.7 Å². The van der Waals surface area contributed by atoms with Crippen LogP contribution in [0.2, 0.25) is 0 Å². The van der Waals surface area contributed by atoms with Crippen molar-refractivity contribution >= 4 is 5.91 Å². The number of hydrogen-bond acceptors (Lipinski definition) is 5. The second-order valence-electron chi connectivity index (χ2n) is 6.70. The van der Waals surface area contributed by atoms with Crippen LogP contribution in [0, 0.1) is 0 Å². The quantitative estimate of drug-likeness (QED) is 0.671. The maximum atomic E-state index is 12.4. The molecule has 0 spiro atoms. The topological polar surface area (TPSA) is 93.0 Å². The Balaban J connectivity index is 1.68. The fourth-order valence-corrected chi connectivity index (χ4v) is 3.25. The van der Waals surface area contributed by atoms with Gasteiger partial charge in [-0.05, 0) is 49.7 Å². The largest absolute Gasteiger partial charge is 0.508 e. The number of hydrogen-bond donors (Lipinski definition) is 4. The Morgan fingerprint density at radius 2 is 1.85 bits per heavy atom. The zero-order chi connectivity index (χ0) is 18.5. The van der Waals surface area contributed by atoms with Crippen LogP contribution in [-0.2, 0) is 6.54 Å². The summed E-state index contributed by atoms with van der Waals surface area (Å²) in [5.41, 5.74) is 1.26. The Labute approximate surface area is 152 Å². The Morgan fingerprint density at radius 1 is 1.12 bits per heavy atom. The molecule has 2 atom stereocenters. The number of carbonyl (C=O) groups is 1. The van der Waals surface area contributed by atoms with Gasteiger partial charge in [-0.2, -0.15) is 0 Å². The summed E-state index contributed by atoms with van der Waals surface area (Å²) >= 11 is 0. The minimum Gasteiger partial charge on any atom is -0.508 e. The molecule has 1 saturated heterocycles. The molecule has 6 heteroatoms. The van der Waals surface area contributed by atoms with Gasteiger partial charge in [0.25, 0.3) is 5.91 Å². The monoisotopic (exact) mass is 356 g/mol. The van der Waals surface area contributed by atoms with E-state index in [1.807, 2.05) is 12.1 Å². The lowest BCUT2D eigenvalue weighted by Crippen LogP contribution is -2.48. The average Bonchev–Trinajstić information content (AvgIpc) is 2.79. The van der Waals surface area contributed by atoms with Gasteiger partial charge in [0.15, 0.2) is 0 Å². The van der Waals surface area contributed by atoms with Crippen LogP contribution in [0.1, 0.15) is 28.8 Å². The molecule has 3 rings (SSSR count). The third-order valence-corrected chi connectivity index (χ3v) is 4.73. The van der Waals surface area contributed by atoms with Crippen LogP contribution < -0.4 is 5.32 Å². The lowest BCUT2D eigenvalue weighted by molar-refractivity contribution is 0.0797. The average molecular weight is 356 g/mol. The number of para-hydroxylation sites is 1. The van der Waals surface area contributed by atoms with Gasteiger partial charge in [-0.3, -0.25) is 9.69 Å². The maximum Gasteiger partial charge on any atom is 0.251 e. The van der Waals surface area contributed by atoms with Gasteiger partial charge < -0.3 is 20.6 Å². The molecule has 1 aliphatic heterocycles. The van der Waals surface area contributed by atoms with E-state index >= 15 is 0 Å². The fraction of sp³-hybridized carbons (Fsp3) is 0.350. The molecular formula is C20H24N2O4. The molecule has 2 aromatic carbocycles. The first kappa shape index (κ1) is 18.2. The predicted molar refractivity (Wildman–Crippen MR) is 98.0 cm³/mol. The normalized spacial score (nSPS) is 21.1. The van der Waals surface area contributed by atoms with E-state index in [2.05, 4.69) is 10.2 Å². The molecule has 1 aliphatic rings. The van der Waals surface area contributed by atoms with E-state index in [0.29, 0.717) is 25.1 Å². The molecule has 1 fully saturated rings.